The molecule has 0 radical (unpaired) electrons. The summed E-state index contributed by atoms with van der Waals surface area (Å²) in [5, 5.41) is 25.5. The van der Waals surface area contributed by atoms with Crippen LogP contribution in [0.15, 0.2) is 12.3 Å². The average molecular weight is 322 g/mol. The van der Waals surface area contributed by atoms with Crippen LogP contribution < -0.4 is 0 Å². The van der Waals surface area contributed by atoms with Gasteiger partial charge in [0.15, 0.2) is 0 Å². The highest BCUT2D eigenvalue weighted by Crippen LogP contribution is 2.45. The zero-order chi connectivity index (χ0) is 16.3. The average Bonchev–Trinajstić information content (AvgIpc) is 3.11. The number of hydrogen-bond acceptors (Lipinski definition) is 5. The van der Waals surface area contributed by atoms with Gasteiger partial charge in [0.25, 0.3) is 5.91 Å². The zero-order valence-corrected chi connectivity index (χ0v) is 13.4. The number of carbonyl (C=O) groups excluding carboxylic acids is 1. The number of aliphatic hydroxyl groups excluding tert-OH is 2. The number of rotatable bonds is 4. The Morgan fingerprint density at radius 1 is 1.30 bits per heavy atom. The van der Waals surface area contributed by atoms with E-state index in [2.05, 4.69) is 15.1 Å². The van der Waals surface area contributed by atoms with Gasteiger partial charge in [-0.25, -0.2) is 0 Å². The van der Waals surface area contributed by atoms with Gasteiger partial charge in [-0.05, 0) is 43.8 Å². The standard InChI is InChI=1S/C16H26N4O3/c21-10-9-19-6-2-16(3-7-19)4-8-20(11-13(16)12-22)15(23)14-1-5-17-18-14/h1,5,13,21-22H,2-4,6-12H2,(H,17,18)/t13-/m1/s1. The molecule has 7 nitrogen and oxygen atoms in total. The SMILES string of the molecule is O=C(c1ccn[nH]1)N1CCC2(CCN(CCO)CC2)[C@@H](CO)C1. The molecular formula is C16H26N4O3. The summed E-state index contributed by atoms with van der Waals surface area (Å²) in [6.45, 7) is 4.31. The maximum atomic E-state index is 12.5. The van der Waals surface area contributed by atoms with Crippen molar-refractivity contribution in [1.29, 1.82) is 0 Å². The minimum absolute atomic E-state index is 0.0338. The van der Waals surface area contributed by atoms with E-state index in [4.69, 9.17) is 5.11 Å². The first-order chi connectivity index (χ1) is 11.2. The predicted octanol–water partition coefficient (Wildman–Crippen LogP) is -0.0614. The molecular weight excluding hydrogens is 296 g/mol. The van der Waals surface area contributed by atoms with E-state index in [1.807, 2.05) is 4.90 Å². The van der Waals surface area contributed by atoms with Gasteiger partial charge in [0.1, 0.15) is 5.69 Å². The fourth-order valence-electron chi connectivity index (χ4n) is 4.12. The van der Waals surface area contributed by atoms with Crippen molar-refractivity contribution < 1.29 is 15.0 Å². The zero-order valence-electron chi connectivity index (χ0n) is 13.4. The van der Waals surface area contributed by atoms with Crippen molar-refractivity contribution in [3.8, 4) is 0 Å². The highest BCUT2D eigenvalue weighted by atomic mass is 16.3. The molecule has 2 fully saturated rings. The first-order valence-corrected chi connectivity index (χ1v) is 8.41. The van der Waals surface area contributed by atoms with Gasteiger partial charge in [0.05, 0.1) is 6.61 Å². The van der Waals surface area contributed by atoms with Crippen LogP contribution in [-0.2, 0) is 0 Å². The van der Waals surface area contributed by atoms with Crippen LogP contribution in [0.5, 0.6) is 0 Å². The largest absolute Gasteiger partial charge is 0.396 e. The number of nitrogens with zero attached hydrogens (tertiary/aromatic N) is 3. The molecule has 0 aromatic carbocycles. The lowest BCUT2D eigenvalue weighted by Crippen LogP contribution is -2.54. The third-order valence-electron chi connectivity index (χ3n) is 5.69. The number of amides is 1. The summed E-state index contributed by atoms with van der Waals surface area (Å²) in [6, 6.07) is 1.69. The van der Waals surface area contributed by atoms with Gasteiger partial charge in [0.2, 0.25) is 0 Å². The maximum absolute atomic E-state index is 12.5. The van der Waals surface area contributed by atoms with Crippen LogP contribution in [0.3, 0.4) is 0 Å². The molecule has 0 aliphatic carbocycles. The van der Waals surface area contributed by atoms with Gasteiger partial charge in [-0.2, -0.15) is 5.10 Å². The lowest BCUT2D eigenvalue weighted by molar-refractivity contribution is -0.0370. The first-order valence-electron chi connectivity index (χ1n) is 8.41. The molecule has 0 saturated carbocycles. The van der Waals surface area contributed by atoms with Crippen LogP contribution in [0.25, 0.3) is 0 Å². The number of piperidine rings is 2. The number of nitrogens with one attached hydrogen (secondary N) is 1. The molecule has 1 aromatic rings. The van der Waals surface area contributed by atoms with Crippen molar-refractivity contribution in [2.45, 2.75) is 19.3 Å². The number of H-pyrrole nitrogens is 1. The lowest BCUT2D eigenvalue weighted by atomic mass is 9.64. The maximum Gasteiger partial charge on any atom is 0.271 e. The third-order valence-corrected chi connectivity index (χ3v) is 5.69. The Morgan fingerprint density at radius 2 is 2.04 bits per heavy atom. The molecule has 23 heavy (non-hydrogen) atoms. The minimum atomic E-state index is -0.0338. The second-order valence-electron chi connectivity index (χ2n) is 6.78. The molecule has 1 spiro atoms. The fourth-order valence-corrected chi connectivity index (χ4v) is 4.12. The number of carbonyl (C=O) groups is 1. The molecule has 1 amide bonds. The molecule has 3 rings (SSSR count). The van der Waals surface area contributed by atoms with Crippen molar-refractivity contribution in [1.82, 2.24) is 20.0 Å². The van der Waals surface area contributed by atoms with Crippen molar-refractivity contribution in [2.24, 2.45) is 11.3 Å². The van der Waals surface area contributed by atoms with Gasteiger partial charge in [0, 0.05) is 38.4 Å². The molecule has 3 heterocycles. The summed E-state index contributed by atoms with van der Waals surface area (Å²) >= 11 is 0. The van der Waals surface area contributed by atoms with E-state index in [0.29, 0.717) is 12.2 Å². The Hall–Kier alpha value is -1.44. The highest BCUT2D eigenvalue weighted by molar-refractivity contribution is 5.92. The van der Waals surface area contributed by atoms with Crippen molar-refractivity contribution in [3.05, 3.63) is 18.0 Å². The van der Waals surface area contributed by atoms with E-state index in [-0.39, 0.29) is 30.5 Å². The molecule has 0 bridgehead atoms. The molecule has 2 saturated heterocycles. The number of β-amino-alcohol motifs (C(OH)–C–C–N with tert-alkyl or cyclic N) is 1. The van der Waals surface area contributed by atoms with Gasteiger partial charge in [-0.1, -0.05) is 0 Å². The molecule has 2 aliphatic rings. The monoisotopic (exact) mass is 322 g/mol. The summed E-state index contributed by atoms with van der Waals surface area (Å²) in [6.07, 6.45) is 4.58. The Kier molecular flexibility index (Phi) is 4.99. The molecule has 7 heteroatoms. The lowest BCUT2D eigenvalue weighted by Gasteiger charge is -2.51. The van der Waals surface area contributed by atoms with E-state index in [9.17, 15) is 9.90 Å². The minimum Gasteiger partial charge on any atom is -0.396 e. The van der Waals surface area contributed by atoms with Crippen LogP contribution in [-0.4, -0.2) is 82.1 Å². The number of aromatic amines is 1. The summed E-state index contributed by atoms with van der Waals surface area (Å²) in [4.78, 5) is 16.6. The van der Waals surface area contributed by atoms with E-state index in [1.54, 1.807) is 12.3 Å². The molecule has 128 valence electrons. The Bertz CT molecular complexity index is 511. The number of likely N-dealkylation sites (tertiary alicyclic amines) is 2. The Morgan fingerprint density at radius 3 is 2.65 bits per heavy atom. The second-order valence-corrected chi connectivity index (χ2v) is 6.78. The number of aliphatic hydroxyl groups is 2. The van der Waals surface area contributed by atoms with Crippen molar-refractivity contribution >= 4 is 5.91 Å². The summed E-state index contributed by atoms with van der Waals surface area (Å²) in [5.41, 5.74) is 0.640. The van der Waals surface area contributed by atoms with Gasteiger partial charge >= 0.3 is 0 Å². The Labute approximate surface area is 136 Å². The quantitative estimate of drug-likeness (QED) is 0.722. The smallest absolute Gasteiger partial charge is 0.271 e. The van der Waals surface area contributed by atoms with Gasteiger partial charge in [-0.15, -0.1) is 0 Å². The fraction of sp³-hybridized carbons (Fsp3) is 0.750. The normalized spacial score (nSPS) is 25.0. The van der Waals surface area contributed by atoms with Crippen LogP contribution in [0.4, 0.5) is 0 Å². The first kappa shape index (κ1) is 16.4. The molecule has 1 atom stereocenters. The highest BCUT2D eigenvalue weighted by Gasteiger charge is 2.45. The molecule has 2 aliphatic heterocycles. The van der Waals surface area contributed by atoms with E-state index >= 15 is 0 Å². The van der Waals surface area contributed by atoms with E-state index < -0.39 is 0 Å². The van der Waals surface area contributed by atoms with Gasteiger partial charge < -0.3 is 20.0 Å². The topological polar surface area (TPSA) is 92.7 Å². The van der Waals surface area contributed by atoms with Crippen LogP contribution in [0.2, 0.25) is 0 Å². The van der Waals surface area contributed by atoms with Crippen LogP contribution in [0.1, 0.15) is 29.8 Å². The number of hydrogen-bond donors (Lipinski definition) is 3. The molecule has 1 aromatic heterocycles. The molecule has 3 N–H and O–H groups in total. The predicted molar refractivity (Wildman–Crippen MR) is 84.9 cm³/mol. The summed E-state index contributed by atoms with van der Waals surface area (Å²) in [5.74, 6) is 0.0907. The summed E-state index contributed by atoms with van der Waals surface area (Å²) < 4.78 is 0. The van der Waals surface area contributed by atoms with Crippen LogP contribution >= 0.6 is 0 Å². The van der Waals surface area contributed by atoms with E-state index in [0.717, 1.165) is 45.4 Å². The van der Waals surface area contributed by atoms with E-state index in [1.165, 1.54) is 0 Å². The van der Waals surface area contributed by atoms with Crippen molar-refractivity contribution in [3.63, 3.8) is 0 Å². The third kappa shape index (κ3) is 3.27. The second kappa shape index (κ2) is 6.98. The van der Waals surface area contributed by atoms with Crippen LogP contribution in [0, 0.1) is 11.3 Å². The Balaban J connectivity index is 1.64. The van der Waals surface area contributed by atoms with Gasteiger partial charge in [-0.3, -0.25) is 9.89 Å². The van der Waals surface area contributed by atoms with Crippen molar-refractivity contribution in [2.75, 3.05) is 45.9 Å². The number of aromatic nitrogens is 2. The molecule has 0 unspecified atom stereocenters. The summed E-state index contributed by atoms with van der Waals surface area (Å²) in [7, 11) is 0.